The van der Waals surface area contributed by atoms with Crippen LogP contribution in [0.3, 0.4) is 0 Å². The predicted octanol–water partition coefficient (Wildman–Crippen LogP) is 1.67. The van der Waals surface area contributed by atoms with E-state index in [0.717, 1.165) is 5.56 Å². The highest BCUT2D eigenvalue weighted by atomic mass is 35.7. The maximum absolute atomic E-state index is 12.1. The van der Waals surface area contributed by atoms with Crippen molar-refractivity contribution in [3.63, 3.8) is 0 Å². The summed E-state index contributed by atoms with van der Waals surface area (Å²) in [6, 6.07) is 4.26. The van der Waals surface area contributed by atoms with E-state index in [1.165, 1.54) is 12.1 Å². The number of carbonyl (C=O) groups excluding carboxylic acids is 1. The molecule has 0 bridgehead atoms. The lowest BCUT2D eigenvalue weighted by atomic mass is 10.0. The molecular weight excluding hydrogens is 334 g/mol. The van der Waals surface area contributed by atoms with Crippen molar-refractivity contribution in [2.24, 2.45) is 0 Å². The minimum Gasteiger partial charge on any atom is -0.352 e. The molecule has 0 fully saturated rings. The van der Waals surface area contributed by atoms with Crippen LogP contribution in [0.5, 0.6) is 0 Å². The first kappa shape index (κ1) is 18.1. The fourth-order valence-corrected chi connectivity index (χ4v) is 3.13. The molecule has 0 aliphatic carbocycles. The van der Waals surface area contributed by atoms with Crippen molar-refractivity contribution in [3.05, 3.63) is 29.3 Å². The van der Waals surface area contributed by atoms with Crippen molar-refractivity contribution in [1.82, 2.24) is 5.32 Å². The van der Waals surface area contributed by atoms with E-state index in [4.69, 9.17) is 10.7 Å². The van der Waals surface area contributed by atoms with Crippen molar-refractivity contribution < 1.29 is 17.4 Å². The average molecular weight is 352 g/mol. The maximum Gasteiger partial charge on any atom is 0.261 e. The van der Waals surface area contributed by atoms with E-state index in [-0.39, 0.29) is 10.8 Å². The van der Waals surface area contributed by atoms with E-state index < -0.39 is 19.9 Å². The number of nitrogens with one attached hydrogen (secondary N) is 1. The number of aryl methyl sites for hydroxylation is 1. The monoisotopic (exact) mass is 351 g/mol. The van der Waals surface area contributed by atoms with E-state index in [1.807, 2.05) is 6.92 Å². The molecule has 1 aromatic carbocycles. The van der Waals surface area contributed by atoms with Gasteiger partial charge in [0, 0.05) is 45.6 Å². The lowest BCUT2D eigenvalue weighted by molar-refractivity contribution is 0.0952. The summed E-state index contributed by atoms with van der Waals surface area (Å²) in [6.45, 7) is 2.26. The van der Waals surface area contributed by atoms with Crippen molar-refractivity contribution in [2.75, 3.05) is 18.6 Å². The second kappa shape index (κ2) is 7.91. The Morgan fingerprint density at radius 2 is 2.05 bits per heavy atom. The van der Waals surface area contributed by atoms with Crippen molar-refractivity contribution in [2.45, 2.75) is 24.7 Å². The molecule has 1 unspecified atom stereocenters. The van der Waals surface area contributed by atoms with Gasteiger partial charge in [0.1, 0.15) is 0 Å². The van der Waals surface area contributed by atoms with E-state index in [1.54, 1.807) is 12.3 Å². The van der Waals surface area contributed by atoms with Gasteiger partial charge in [0.2, 0.25) is 0 Å². The van der Waals surface area contributed by atoms with Crippen molar-refractivity contribution in [3.8, 4) is 0 Å². The van der Waals surface area contributed by atoms with E-state index in [9.17, 15) is 17.4 Å². The molecule has 1 amide bonds. The summed E-state index contributed by atoms with van der Waals surface area (Å²) >= 11 is 0. The van der Waals surface area contributed by atoms with Crippen molar-refractivity contribution >= 4 is 36.4 Å². The van der Waals surface area contributed by atoms with Gasteiger partial charge in [-0.1, -0.05) is 13.0 Å². The molecule has 8 heteroatoms. The fourth-order valence-electron chi connectivity index (χ4n) is 1.80. The van der Waals surface area contributed by atoms with Crippen LogP contribution in [0.15, 0.2) is 23.1 Å². The summed E-state index contributed by atoms with van der Waals surface area (Å²) in [6.07, 6.45) is 2.81. The van der Waals surface area contributed by atoms with E-state index >= 15 is 0 Å². The zero-order valence-electron chi connectivity index (χ0n) is 11.9. The molecule has 118 valence electrons. The number of halogens is 1. The number of carbonyl (C=O) groups is 1. The molecule has 0 radical (unpaired) electrons. The van der Waals surface area contributed by atoms with Gasteiger partial charge < -0.3 is 5.32 Å². The van der Waals surface area contributed by atoms with E-state index in [0.29, 0.717) is 30.7 Å². The second-order valence-corrected chi connectivity index (χ2v) is 8.62. The Balaban J connectivity index is 2.89. The largest absolute Gasteiger partial charge is 0.352 e. The third-order valence-electron chi connectivity index (χ3n) is 2.88. The molecule has 21 heavy (non-hydrogen) atoms. The third-order valence-corrected chi connectivity index (χ3v) is 5.10. The van der Waals surface area contributed by atoms with Crippen LogP contribution in [0.25, 0.3) is 0 Å². The molecule has 0 aliphatic rings. The number of rotatable bonds is 7. The van der Waals surface area contributed by atoms with Crippen LogP contribution in [0.1, 0.15) is 29.3 Å². The maximum atomic E-state index is 12.1. The lowest BCUT2D eigenvalue weighted by Gasteiger charge is -2.10. The Morgan fingerprint density at radius 1 is 1.38 bits per heavy atom. The molecule has 0 spiro atoms. The topological polar surface area (TPSA) is 80.3 Å². The Bertz CT molecular complexity index is 644. The molecule has 1 aromatic rings. The average Bonchev–Trinajstić information content (AvgIpc) is 2.41. The zero-order chi connectivity index (χ0) is 16.0. The van der Waals surface area contributed by atoms with E-state index in [2.05, 4.69) is 5.32 Å². The summed E-state index contributed by atoms with van der Waals surface area (Å²) in [7, 11) is 0.537. The van der Waals surface area contributed by atoms with Crippen LogP contribution >= 0.6 is 10.7 Å². The summed E-state index contributed by atoms with van der Waals surface area (Å²) in [4.78, 5) is 12.0. The highest BCUT2D eigenvalue weighted by molar-refractivity contribution is 8.13. The first-order valence-electron chi connectivity index (χ1n) is 6.41. The Hall–Kier alpha value is -0.920. The Kier molecular flexibility index (Phi) is 6.83. The van der Waals surface area contributed by atoms with Crippen LogP contribution in [0, 0.1) is 0 Å². The highest BCUT2D eigenvalue weighted by Gasteiger charge is 2.16. The molecular formula is C13H18ClNO4S2. The highest BCUT2D eigenvalue weighted by Crippen LogP contribution is 2.20. The summed E-state index contributed by atoms with van der Waals surface area (Å²) < 4.78 is 33.6. The van der Waals surface area contributed by atoms with Crippen LogP contribution < -0.4 is 5.32 Å². The molecule has 0 saturated heterocycles. The van der Waals surface area contributed by atoms with Crippen LogP contribution in [-0.4, -0.2) is 37.1 Å². The molecule has 1 N–H and O–H groups in total. The van der Waals surface area contributed by atoms with Gasteiger partial charge in [0.25, 0.3) is 15.0 Å². The lowest BCUT2D eigenvalue weighted by Crippen LogP contribution is -2.26. The van der Waals surface area contributed by atoms with Crippen LogP contribution in [-0.2, 0) is 26.3 Å². The third kappa shape index (κ3) is 5.76. The first-order valence-corrected chi connectivity index (χ1v) is 10.4. The van der Waals surface area contributed by atoms with Gasteiger partial charge in [0.05, 0.1) is 4.90 Å². The Labute approximate surface area is 132 Å². The SMILES string of the molecule is CCc1ccc(S(=O)(=O)Cl)cc1C(=O)NCCCS(C)=O. The molecule has 0 heterocycles. The Morgan fingerprint density at radius 3 is 2.57 bits per heavy atom. The predicted molar refractivity (Wildman–Crippen MR) is 84.7 cm³/mol. The summed E-state index contributed by atoms with van der Waals surface area (Å²) in [5.41, 5.74) is 1.05. The number of amides is 1. The molecule has 0 aliphatic heterocycles. The minimum atomic E-state index is -3.87. The molecule has 5 nitrogen and oxygen atoms in total. The molecule has 1 atom stereocenters. The first-order chi connectivity index (χ1) is 9.75. The molecule has 1 rings (SSSR count). The fraction of sp³-hybridized carbons (Fsp3) is 0.462. The quantitative estimate of drug-likeness (QED) is 0.598. The van der Waals surface area contributed by atoms with Gasteiger partial charge in [-0.2, -0.15) is 0 Å². The molecule has 0 saturated carbocycles. The van der Waals surface area contributed by atoms with Gasteiger partial charge >= 0.3 is 0 Å². The number of hydrogen-bond acceptors (Lipinski definition) is 4. The number of benzene rings is 1. The standard InChI is InChI=1S/C13H18ClNO4S2/c1-3-10-5-6-11(21(14,18)19)9-12(10)13(16)15-7-4-8-20(2)17/h5-6,9H,3-4,7-8H2,1-2H3,(H,15,16). The normalized spacial score (nSPS) is 12.9. The summed E-state index contributed by atoms with van der Waals surface area (Å²) in [5.74, 6) is 0.160. The van der Waals surface area contributed by atoms with Crippen LogP contribution in [0.4, 0.5) is 0 Å². The van der Waals surface area contributed by atoms with Gasteiger partial charge in [-0.05, 0) is 30.5 Å². The van der Waals surface area contributed by atoms with Gasteiger partial charge in [-0.3, -0.25) is 9.00 Å². The zero-order valence-corrected chi connectivity index (χ0v) is 14.3. The van der Waals surface area contributed by atoms with Crippen molar-refractivity contribution in [1.29, 1.82) is 0 Å². The van der Waals surface area contributed by atoms with Crippen LogP contribution in [0.2, 0.25) is 0 Å². The number of hydrogen-bond donors (Lipinski definition) is 1. The summed E-state index contributed by atoms with van der Waals surface area (Å²) in [5, 5.41) is 2.70. The van der Waals surface area contributed by atoms with Gasteiger partial charge in [-0.25, -0.2) is 8.42 Å². The minimum absolute atomic E-state index is 0.0961. The van der Waals surface area contributed by atoms with Gasteiger partial charge in [-0.15, -0.1) is 0 Å². The van der Waals surface area contributed by atoms with Gasteiger partial charge in [0.15, 0.2) is 0 Å². The molecule has 0 aromatic heterocycles. The second-order valence-electron chi connectivity index (χ2n) is 4.50. The smallest absolute Gasteiger partial charge is 0.261 e.